The number of aryl methyl sites for hydroxylation is 1. The normalized spacial score (nSPS) is 16.4. The van der Waals surface area contributed by atoms with Crippen LogP contribution >= 0.6 is 0 Å². The van der Waals surface area contributed by atoms with Crippen LogP contribution in [0.4, 0.5) is 0 Å². The zero-order valence-corrected chi connectivity index (χ0v) is 38.9. The number of pyridine rings is 1. The number of aromatic amines is 1. The number of hydrogen-bond acceptors (Lipinski definition) is 8. The van der Waals surface area contributed by atoms with Crippen molar-refractivity contribution in [2.75, 3.05) is 20.1 Å². The maximum Gasteiger partial charge on any atom is 0.326 e. The van der Waals surface area contributed by atoms with Gasteiger partial charge in [0.2, 0.25) is 23.6 Å². The molecule has 5 amide bonds. The van der Waals surface area contributed by atoms with Crippen LogP contribution < -0.4 is 32.0 Å². The number of H-pyrrole nitrogens is 1. The van der Waals surface area contributed by atoms with E-state index in [1.54, 1.807) is 12.3 Å². The van der Waals surface area contributed by atoms with Crippen molar-refractivity contribution < 1.29 is 54.8 Å². The van der Waals surface area contributed by atoms with Crippen molar-refractivity contribution in [2.45, 2.75) is 121 Å². The zero-order valence-electron chi connectivity index (χ0n) is 38.9. The second-order valence-electron chi connectivity index (χ2n) is 17.3. The molecule has 11 N–H and O–H groups in total. The molecule has 4 bridgehead atoms. The Balaban J connectivity index is 1.25. The maximum atomic E-state index is 14.4. The van der Waals surface area contributed by atoms with Gasteiger partial charge in [0.05, 0.1) is 6.54 Å². The van der Waals surface area contributed by atoms with E-state index in [0.717, 1.165) is 22.4 Å². The van der Waals surface area contributed by atoms with Gasteiger partial charge in [-0.15, -0.1) is 0 Å². The molecule has 0 saturated heterocycles. The molecule has 5 rings (SSSR count). The van der Waals surface area contributed by atoms with E-state index in [2.05, 4.69) is 63.2 Å². The minimum absolute atomic E-state index is 0.0336. The predicted octanol–water partition coefficient (Wildman–Crippen LogP) is 4.39. The number of phenolic OH excluding ortho intramolecular Hbond substituents is 2. The second kappa shape index (κ2) is 25.2. The number of phenols is 2. The Morgan fingerprint density at radius 2 is 1.49 bits per heavy atom. The number of carboxylic acid groups (broad SMARTS) is 1. The zero-order chi connectivity index (χ0) is 48.5. The van der Waals surface area contributed by atoms with Gasteiger partial charge in [-0.1, -0.05) is 81.8 Å². The van der Waals surface area contributed by atoms with Gasteiger partial charge in [-0.2, -0.15) is 0 Å². The first-order chi connectivity index (χ1) is 32.2. The average molecular weight is 922 g/mol. The van der Waals surface area contributed by atoms with Gasteiger partial charge in [-0.25, -0.2) is 9.78 Å². The molecule has 1 aliphatic heterocycles. The van der Waals surface area contributed by atoms with Gasteiger partial charge in [0.25, 0.3) is 5.69 Å². The predicted molar refractivity (Wildman–Crippen MR) is 252 cm³/mol. The highest BCUT2D eigenvalue weighted by atomic mass is 16.4. The van der Waals surface area contributed by atoms with Gasteiger partial charge in [0.15, 0.2) is 6.20 Å². The molecule has 358 valence electrons. The van der Waals surface area contributed by atoms with Crippen LogP contribution in [0.5, 0.6) is 11.5 Å². The molecule has 1 aliphatic rings. The highest BCUT2D eigenvalue weighted by Gasteiger charge is 2.36. The average Bonchev–Trinajstić information content (AvgIpc) is 3.31. The van der Waals surface area contributed by atoms with Gasteiger partial charge < -0.3 is 47.2 Å². The topological polar surface area (TPSA) is 256 Å². The Hall–Kier alpha value is -6.81. The third-order valence-electron chi connectivity index (χ3n) is 12.2. The number of rotatable bonds is 21. The first-order valence-corrected chi connectivity index (χ1v) is 23.4. The third kappa shape index (κ3) is 14.6. The van der Waals surface area contributed by atoms with Crippen molar-refractivity contribution in [3.05, 3.63) is 101 Å². The van der Waals surface area contributed by atoms with E-state index < -0.39 is 59.7 Å². The summed E-state index contributed by atoms with van der Waals surface area (Å²) in [7, 11) is 1.38. The molecular weight excluding hydrogens is 855 g/mol. The maximum absolute atomic E-state index is 14.4. The number of nitrogens with one attached hydrogen (secondary N) is 5. The molecular formula is C51H67N7O9+2. The van der Waals surface area contributed by atoms with Crippen LogP contribution in [0.25, 0.3) is 22.3 Å². The van der Waals surface area contributed by atoms with Crippen molar-refractivity contribution in [3.63, 3.8) is 0 Å². The van der Waals surface area contributed by atoms with Crippen LogP contribution in [0, 0.1) is 0 Å². The van der Waals surface area contributed by atoms with E-state index in [1.807, 2.05) is 6.07 Å². The van der Waals surface area contributed by atoms with Crippen molar-refractivity contribution in [1.29, 1.82) is 0 Å². The summed E-state index contributed by atoms with van der Waals surface area (Å²) in [6.07, 6.45) is 12.7. The number of carbonyl (C=O) groups excluding carboxylic acids is 5. The Labute approximate surface area is 392 Å². The fourth-order valence-corrected chi connectivity index (χ4v) is 8.21. The number of likely N-dealkylation sites (N-methyl/N-ethyl adjacent to an activating group) is 1. The van der Waals surface area contributed by atoms with Crippen molar-refractivity contribution in [2.24, 2.45) is 0 Å². The molecule has 4 atom stereocenters. The molecule has 0 spiro atoms. The van der Waals surface area contributed by atoms with E-state index in [-0.39, 0.29) is 54.0 Å². The van der Waals surface area contributed by atoms with E-state index >= 15 is 0 Å². The van der Waals surface area contributed by atoms with Crippen LogP contribution in [-0.2, 0) is 36.8 Å². The molecule has 16 nitrogen and oxygen atoms in total. The monoisotopic (exact) mass is 921 g/mol. The molecule has 0 fully saturated rings. The number of nitrogens with zero attached hydrogens (tertiary/aromatic N) is 1. The molecule has 0 saturated carbocycles. The molecule has 67 heavy (non-hydrogen) atoms. The summed E-state index contributed by atoms with van der Waals surface area (Å²) in [5, 5.41) is 42.4. The van der Waals surface area contributed by atoms with Gasteiger partial charge >= 0.3 is 11.9 Å². The lowest BCUT2D eigenvalue weighted by Crippen LogP contribution is -2.55. The third-order valence-corrected chi connectivity index (χ3v) is 12.2. The van der Waals surface area contributed by atoms with Gasteiger partial charge in [0, 0.05) is 49.2 Å². The molecule has 1 aromatic heterocycles. The number of carboxylic acids is 1. The largest absolute Gasteiger partial charge is 0.507 e. The Morgan fingerprint density at radius 1 is 0.821 bits per heavy atom. The summed E-state index contributed by atoms with van der Waals surface area (Å²) in [5.41, 5.74) is 8.29. The molecule has 0 aliphatic carbocycles. The van der Waals surface area contributed by atoms with Crippen LogP contribution in [0.1, 0.15) is 118 Å². The Kier molecular flexibility index (Phi) is 19.2. The highest BCUT2D eigenvalue weighted by Crippen LogP contribution is 2.39. The summed E-state index contributed by atoms with van der Waals surface area (Å²) in [6, 6.07) is 15.3. The molecule has 0 unspecified atom stereocenters. The molecule has 4 aromatic rings. The smallest absolute Gasteiger partial charge is 0.326 e. The first kappa shape index (κ1) is 51.2. The SMILES string of the molecule is CCCCCCCCCc1ccc(-c2ccc(C(=O)NCCC(=O)N[C@@H](CCCC[NH3+])C(=O)N(C)[C@@H]3C(=O)N[C@@H](C)C(=O)N[C@H](C(=O)O)Cc4ccc(O)c(c4)-c4cc3ccc4O)[nH+]c2)cc1. The number of unbranched alkanes of at least 4 members (excludes halogenated alkanes) is 7. The number of aliphatic carboxylic acids is 1. The Morgan fingerprint density at radius 3 is 2.16 bits per heavy atom. The van der Waals surface area contributed by atoms with E-state index in [1.165, 1.54) is 101 Å². The van der Waals surface area contributed by atoms with E-state index in [9.17, 15) is 44.1 Å². The summed E-state index contributed by atoms with van der Waals surface area (Å²) < 4.78 is 0. The summed E-state index contributed by atoms with van der Waals surface area (Å²) >= 11 is 0. The quantitative estimate of drug-likeness (QED) is 0.0551. The summed E-state index contributed by atoms with van der Waals surface area (Å²) in [4.78, 5) is 84.7. The number of aromatic hydroxyl groups is 2. The Bertz CT molecular complexity index is 2340. The number of aromatic nitrogens is 1. The molecule has 3 aromatic carbocycles. The number of quaternary nitrogens is 1. The molecule has 2 heterocycles. The van der Waals surface area contributed by atoms with Crippen molar-refractivity contribution >= 4 is 35.5 Å². The van der Waals surface area contributed by atoms with Crippen molar-refractivity contribution in [3.8, 4) is 33.8 Å². The van der Waals surface area contributed by atoms with E-state index in [0.29, 0.717) is 30.6 Å². The number of hydrogen-bond donors (Lipinski definition) is 8. The van der Waals surface area contributed by atoms with E-state index in [4.69, 9.17) is 0 Å². The number of fused-ring (bicyclic) bond motifs is 5. The number of benzene rings is 3. The van der Waals surface area contributed by atoms with Gasteiger partial charge in [-0.3, -0.25) is 24.0 Å². The van der Waals surface area contributed by atoms with Crippen LogP contribution in [-0.4, -0.2) is 94.0 Å². The van der Waals surface area contributed by atoms with Gasteiger partial charge in [-0.05, 0) is 91.6 Å². The van der Waals surface area contributed by atoms with Crippen LogP contribution in [0.2, 0.25) is 0 Å². The lowest BCUT2D eigenvalue weighted by molar-refractivity contribution is -0.381. The minimum Gasteiger partial charge on any atom is -0.507 e. The highest BCUT2D eigenvalue weighted by molar-refractivity contribution is 5.96. The molecule has 0 radical (unpaired) electrons. The van der Waals surface area contributed by atoms with Gasteiger partial charge in [0.1, 0.15) is 35.7 Å². The standard InChI is InChI=1S/C51H65N7O9/c1-4-5-6-7-8-9-10-13-33-15-18-35(19-16-33)37-20-22-40(54-31-37)48(63)53-27-25-45(61)56-41(14-11-12-26-52)50(65)58(3)46-36-21-24-44(60)39(30-36)38-28-34(17-23-43(38)59)29-42(51(66)67)57-47(62)32(2)55-49(46)64/h15-24,28,30-32,41-42,46,59-60H,4-14,25-27,29,52H2,1-3H3,(H,53,63)(H,55,64)(H,56,61)(H,57,62)(H,66,67)/p+2/t32-,41-,42-,46-/m0/s1. The molecule has 16 heteroatoms. The van der Waals surface area contributed by atoms with Crippen molar-refractivity contribution in [1.82, 2.24) is 26.2 Å². The van der Waals surface area contributed by atoms with Crippen LogP contribution in [0.3, 0.4) is 0 Å². The number of carbonyl (C=O) groups is 6. The lowest BCUT2D eigenvalue weighted by Gasteiger charge is -2.32. The summed E-state index contributed by atoms with van der Waals surface area (Å²) in [5.74, 6) is -5.00. The summed E-state index contributed by atoms with van der Waals surface area (Å²) in [6.45, 7) is 4.16. The second-order valence-corrected chi connectivity index (χ2v) is 17.3. The number of amides is 5. The first-order valence-electron chi connectivity index (χ1n) is 23.4. The fraction of sp³-hybridized carbons (Fsp3) is 0.431. The fourth-order valence-electron chi connectivity index (χ4n) is 8.21. The van der Waals surface area contributed by atoms with Crippen LogP contribution in [0.15, 0.2) is 79.0 Å². The minimum atomic E-state index is -1.43. The lowest BCUT2D eigenvalue weighted by atomic mass is 9.93.